The number of esters is 1. The summed E-state index contributed by atoms with van der Waals surface area (Å²) in [6, 6.07) is 4.03. The van der Waals surface area contributed by atoms with Gasteiger partial charge < -0.3 is 9.47 Å². The van der Waals surface area contributed by atoms with E-state index in [0.717, 1.165) is 6.07 Å². The van der Waals surface area contributed by atoms with Crippen molar-refractivity contribution in [1.82, 2.24) is 0 Å². The second-order valence-corrected chi connectivity index (χ2v) is 3.39. The summed E-state index contributed by atoms with van der Waals surface area (Å²) in [6.45, 7) is -1.45. The fraction of sp³-hybridized carbons (Fsp3) is 0.273. The monoisotopic (exact) mass is 275 g/mol. The number of nitriles is 1. The average Bonchev–Trinajstić information content (AvgIpc) is 2.31. The van der Waals surface area contributed by atoms with Crippen molar-refractivity contribution >= 4 is 17.6 Å². The molecule has 0 saturated carbocycles. The highest BCUT2D eigenvalue weighted by Crippen LogP contribution is 2.33. The molecule has 0 spiro atoms. The van der Waals surface area contributed by atoms with Gasteiger partial charge in [0, 0.05) is 0 Å². The lowest BCUT2D eigenvalue weighted by atomic mass is 10.1. The standard InChI is InChI=1S/C11H8ClF2NO3/c1-2-17-10(16)7-4-3-6(5-15)9(8(7)12)18-11(13)14/h3-4,11H,2H2,1H3. The third-order valence-electron chi connectivity index (χ3n) is 1.92. The molecule has 0 aliphatic heterocycles. The van der Waals surface area contributed by atoms with Crippen molar-refractivity contribution < 1.29 is 23.0 Å². The van der Waals surface area contributed by atoms with E-state index in [-0.39, 0.29) is 22.8 Å². The number of alkyl halides is 2. The predicted octanol–water partition coefficient (Wildman–Crippen LogP) is 2.99. The van der Waals surface area contributed by atoms with Crippen LogP contribution in [-0.2, 0) is 4.74 Å². The Morgan fingerprint density at radius 3 is 2.72 bits per heavy atom. The van der Waals surface area contributed by atoms with Crippen molar-refractivity contribution in [2.45, 2.75) is 13.5 Å². The van der Waals surface area contributed by atoms with Gasteiger partial charge in [0.15, 0.2) is 5.75 Å². The lowest BCUT2D eigenvalue weighted by Crippen LogP contribution is -2.09. The second kappa shape index (κ2) is 6.17. The maximum atomic E-state index is 12.2. The predicted molar refractivity (Wildman–Crippen MR) is 58.8 cm³/mol. The van der Waals surface area contributed by atoms with E-state index in [0.29, 0.717) is 0 Å². The topological polar surface area (TPSA) is 59.3 Å². The molecule has 0 N–H and O–H groups in total. The molecule has 7 heteroatoms. The van der Waals surface area contributed by atoms with Crippen LogP contribution in [0.3, 0.4) is 0 Å². The van der Waals surface area contributed by atoms with Gasteiger partial charge >= 0.3 is 12.6 Å². The number of carbonyl (C=O) groups excluding carboxylic acids is 1. The van der Waals surface area contributed by atoms with Crippen LogP contribution in [0.1, 0.15) is 22.8 Å². The van der Waals surface area contributed by atoms with Gasteiger partial charge in [-0.25, -0.2) is 4.79 Å². The van der Waals surface area contributed by atoms with Crippen LogP contribution in [0.2, 0.25) is 5.02 Å². The first-order chi connectivity index (χ1) is 8.51. The van der Waals surface area contributed by atoms with Crippen LogP contribution in [0.4, 0.5) is 8.78 Å². The molecule has 0 aliphatic rings. The highest BCUT2D eigenvalue weighted by atomic mass is 35.5. The van der Waals surface area contributed by atoms with Crippen LogP contribution in [0.5, 0.6) is 5.75 Å². The largest absolute Gasteiger partial charge is 0.462 e. The van der Waals surface area contributed by atoms with E-state index in [1.54, 1.807) is 13.0 Å². The van der Waals surface area contributed by atoms with Gasteiger partial charge in [0.05, 0.1) is 22.8 Å². The zero-order valence-corrected chi connectivity index (χ0v) is 10.0. The van der Waals surface area contributed by atoms with Crippen molar-refractivity contribution in [1.29, 1.82) is 5.26 Å². The molecule has 0 amide bonds. The quantitative estimate of drug-likeness (QED) is 0.793. The van der Waals surface area contributed by atoms with E-state index in [1.807, 2.05) is 0 Å². The summed E-state index contributed by atoms with van der Waals surface area (Å²) in [5.74, 6) is -1.30. The van der Waals surface area contributed by atoms with Gasteiger partial charge in [-0.05, 0) is 19.1 Å². The first-order valence-electron chi connectivity index (χ1n) is 4.85. The maximum Gasteiger partial charge on any atom is 0.387 e. The number of carbonyl (C=O) groups is 1. The first kappa shape index (κ1) is 14.2. The SMILES string of the molecule is CCOC(=O)c1ccc(C#N)c(OC(F)F)c1Cl. The number of ether oxygens (including phenoxy) is 2. The normalized spacial score (nSPS) is 10.0. The minimum atomic E-state index is -3.15. The summed E-state index contributed by atoms with van der Waals surface area (Å²) >= 11 is 5.76. The van der Waals surface area contributed by atoms with E-state index < -0.39 is 18.3 Å². The van der Waals surface area contributed by atoms with E-state index in [9.17, 15) is 13.6 Å². The Morgan fingerprint density at radius 2 is 2.22 bits per heavy atom. The molecule has 1 rings (SSSR count). The summed E-state index contributed by atoms with van der Waals surface area (Å²) in [7, 11) is 0. The van der Waals surface area contributed by atoms with Crippen LogP contribution in [0, 0.1) is 11.3 Å². The molecule has 0 unspecified atom stereocenters. The van der Waals surface area contributed by atoms with Gasteiger partial charge in [0.1, 0.15) is 6.07 Å². The average molecular weight is 276 g/mol. The Hall–Kier alpha value is -1.87. The molecule has 18 heavy (non-hydrogen) atoms. The van der Waals surface area contributed by atoms with Gasteiger partial charge in [-0.15, -0.1) is 0 Å². The number of hydrogen-bond donors (Lipinski definition) is 0. The Kier molecular flexibility index (Phi) is 4.86. The molecule has 0 saturated heterocycles. The molecule has 0 fully saturated rings. The molecule has 0 heterocycles. The molecule has 96 valence electrons. The van der Waals surface area contributed by atoms with Gasteiger partial charge in [0.25, 0.3) is 0 Å². The Labute approximate surface area is 107 Å². The molecule has 0 atom stereocenters. The van der Waals surface area contributed by atoms with Crippen molar-refractivity contribution in [3.05, 3.63) is 28.3 Å². The van der Waals surface area contributed by atoms with Crippen LogP contribution in [-0.4, -0.2) is 19.2 Å². The van der Waals surface area contributed by atoms with Crippen LogP contribution in [0.15, 0.2) is 12.1 Å². The first-order valence-corrected chi connectivity index (χ1v) is 5.23. The Morgan fingerprint density at radius 1 is 1.56 bits per heavy atom. The lowest BCUT2D eigenvalue weighted by molar-refractivity contribution is -0.0500. The summed E-state index contributed by atoms with van der Waals surface area (Å²) in [5, 5.41) is 8.37. The van der Waals surface area contributed by atoms with Crippen molar-refractivity contribution in [2.75, 3.05) is 6.61 Å². The molecular formula is C11H8ClF2NO3. The number of benzene rings is 1. The zero-order valence-electron chi connectivity index (χ0n) is 9.25. The Bertz CT molecular complexity index is 500. The highest BCUT2D eigenvalue weighted by molar-refractivity contribution is 6.35. The van der Waals surface area contributed by atoms with Crippen LogP contribution in [0.25, 0.3) is 0 Å². The zero-order chi connectivity index (χ0) is 13.7. The smallest absolute Gasteiger partial charge is 0.387 e. The highest BCUT2D eigenvalue weighted by Gasteiger charge is 2.21. The minimum Gasteiger partial charge on any atom is -0.462 e. The van der Waals surface area contributed by atoms with Crippen LogP contribution >= 0.6 is 11.6 Å². The summed E-state index contributed by atoms with van der Waals surface area (Å²) in [5.41, 5.74) is -0.318. The molecule has 0 aromatic heterocycles. The molecule has 4 nitrogen and oxygen atoms in total. The van der Waals surface area contributed by atoms with E-state index >= 15 is 0 Å². The molecule has 0 bridgehead atoms. The van der Waals surface area contributed by atoms with Crippen molar-refractivity contribution in [2.24, 2.45) is 0 Å². The van der Waals surface area contributed by atoms with Gasteiger partial charge in [0.2, 0.25) is 0 Å². The third kappa shape index (κ3) is 3.08. The van der Waals surface area contributed by atoms with E-state index in [2.05, 4.69) is 4.74 Å². The number of rotatable bonds is 4. The molecular weight excluding hydrogens is 268 g/mol. The van der Waals surface area contributed by atoms with Gasteiger partial charge in [-0.3, -0.25) is 0 Å². The maximum absolute atomic E-state index is 12.2. The fourth-order valence-electron chi connectivity index (χ4n) is 1.21. The fourth-order valence-corrected chi connectivity index (χ4v) is 1.50. The molecule has 1 aromatic rings. The number of hydrogen-bond acceptors (Lipinski definition) is 4. The van der Waals surface area contributed by atoms with E-state index in [4.69, 9.17) is 21.6 Å². The van der Waals surface area contributed by atoms with Crippen LogP contribution < -0.4 is 4.74 Å². The second-order valence-electron chi connectivity index (χ2n) is 3.01. The molecule has 0 aliphatic carbocycles. The summed E-state index contributed by atoms with van der Waals surface area (Å²) in [4.78, 5) is 11.5. The van der Waals surface area contributed by atoms with Gasteiger partial charge in [-0.1, -0.05) is 11.6 Å². The number of halogens is 3. The lowest BCUT2D eigenvalue weighted by Gasteiger charge is -2.11. The third-order valence-corrected chi connectivity index (χ3v) is 2.30. The van der Waals surface area contributed by atoms with Crippen molar-refractivity contribution in [3.63, 3.8) is 0 Å². The van der Waals surface area contributed by atoms with E-state index in [1.165, 1.54) is 6.07 Å². The number of nitrogens with zero attached hydrogens (tertiary/aromatic N) is 1. The summed E-state index contributed by atoms with van der Waals surface area (Å²) in [6.07, 6.45) is 0. The van der Waals surface area contributed by atoms with Gasteiger partial charge in [-0.2, -0.15) is 14.0 Å². The summed E-state index contributed by atoms with van der Waals surface area (Å²) < 4.78 is 33.2. The molecule has 0 radical (unpaired) electrons. The minimum absolute atomic E-state index is 0.111. The Balaban J connectivity index is 3.25. The van der Waals surface area contributed by atoms with Crippen molar-refractivity contribution in [3.8, 4) is 11.8 Å². The molecule has 1 aromatic carbocycles.